The van der Waals surface area contributed by atoms with Crippen LogP contribution in [0.3, 0.4) is 0 Å². The van der Waals surface area contributed by atoms with Gasteiger partial charge in [-0.3, -0.25) is 0 Å². The van der Waals surface area contributed by atoms with Gasteiger partial charge in [-0.15, -0.1) is 0 Å². The first-order chi connectivity index (χ1) is 13.1. The van der Waals surface area contributed by atoms with E-state index in [2.05, 4.69) is 14.6 Å². The van der Waals surface area contributed by atoms with Gasteiger partial charge in [0, 0.05) is 24.7 Å². The Hall–Kier alpha value is -2.31. The third kappa shape index (κ3) is 3.13. The van der Waals surface area contributed by atoms with E-state index in [1.54, 1.807) is 19.2 Å². The molecule has 0 radical (unpaired) electrons. The highest BCUT2D eigenvalue weighted by Gasteiger charge is 2.25. The Morgan fingerprint density at radius 2 is 1.96 bits per heavy atom. The number of aromatic nitrogens is 2. The summed E-state index contributed by atoms with van der Waals surface area (Å²) in [5.74, 6) is 1.48. The van der Waals surface area contributed by atoms with Crippen LogP contribution in [-0.4, -0.2) is 23.2 Å². The van der Waals surface area contributed by atoms with Gasteiger partial charge in [0.05, 0.1) is 28.4 Å². The standard InChI is InChI=1S/C19H18Cl2N4O2/c1-27-13-5-7-16(15(21)10-13)24-8-2-3-9-25-18-12(11-22-26)4-6-14(20)17(18)23-19(24)25/h4-7,10H,2-3,8-9,11H2,1H3. The van der Waals surface area contributed by atoms with Crippen LogP contribution in [0.1, 0.15) is 18.4 Å². The Kier molecular flexibility index (Phi) is 4.93. The van der Waals surface area contributed by atoms with E-state index in [9.17, 15) is 4.91 Å². The van der Waals surface area contributed by atoms with Crippen molar-refractivity contribution >= 4 is 45.9 Å². The molecule has 0 saturated carbocycles. The smallest absolute Gasteiger partial charge is 0.211 e. The van der Waals surface area contributed by atoms with Crippen molar-refractivity contribution in [3.8, 4) is 5.75 Å². The lowest BCUT2D eigenvalue weighted by Crippen LogP contribution is -2.20. The molecule has 0 saturated heterocycles. The van der Waals surface area contributed by atoms with Gasteiger partial charge in [-0.05, 0) is 31.0 Å². The van der Waals surface area contributed by atoms with Gasteiger partial charge in [0.25, 0.3) is 0 Å². The second-order valence-electron chi connectivity index (χ2n) is 6.43. The van der Waals surface area contributed by atoms with Crippen LogP contribution in [0.2, 0.25) is 10.0 Å². The van der Waals surface area contributed by atoms with Crippen molar-refractivity contribution in [2.24, 2.45) is 5.18 Å². The number of anilines is 2. The number of nitroso groups, excluding NO2 is 1. The SMILES string of the molecule is COc1ccc(N2CCCCn3c2nc2c(Cl)ccc(CN=O)c23)c(Cl)c1. The molecule has 140 valence electrons. The lowest BCUT2D eigenvalue weighted by molar-refractivity contribution is 0.415. The first kappa shape index (κ1) is 18.1. The van der Waals surface area contributed by atoms with Crippen LogP contribution in [0.25, 0.3) is 11.0 Å². The molecule has 1 aliphatic heterocycles. The fraction of sp³-hybridized carbons (Fsp3) is 0.316. The van der Waals surface area contributed by atoms with Crippen molar-refractivity contribution in [2.75, 3.05) is 18.6 Å². The molecule has 27 heavy (non-hydrogen) atoms. The number of nitrogens with zero attached hydrogens (tertiary/aromatic N) is 4. The first-order valence-electron chi connectivity index (χ1n) is 8.72. The van der Waals surface area contributed by atoms with Gasteiger partial charge in [0.15, 0.2) is 0 Å². The van der Waals surface area contributed by atoms with E-state index in [0.29, 0.717) is 21.3 Å². The summed E-state index contributed by atoms with van der Waals surface area (Å²) in [6.07, 6.45) is 1.98. The maximum absolute atomic E-state index is 10.9. The van der Waals surface area contributed by atoms with Crippen LogP contribution in [0.4, 0.5) is 11.6 Å². The number of halogens is 2. The molecular weight excluding hydrogens is 387 g/mol. The van der Waals surface area contributed by atoms with Crippen molar-refractivity contribution in [2.45, 2.75) is 25.9 Å². The fourth-order valence-corrected chi connectivity index (χ4v) is 4.05. The molecule has 0 atom stereocenters. The number of ether oxygens (including phenoxy) is 1. The zero-order valence-corrected chi connectivity index (χ0v) is 16.3. The Balaban J connectivity index is 1.93. The van der Waals surface area contributed by atoms with Crippen molar-refractivity contribution in [3.63, 3.8) is 0 Å². The zero-order chi connectivity index (χ0) is 19.0. The van der Waals surface area contributed by atoms with Crippen LogP contribution in [-0.2, 0) is 13.1 Å². The molecule has 2 aromatic carbocycles. The Labute approximate surface area is 166 Å². The van der Waals surface area contributed by atoms with E-state index in [0.717, 1.165) is 48.6 Å². The molecule has 1 aromatic heterocycles. The number of benzene rings is 2. The van der Waals surface area contributed by atoms with Crippen LogP contribution in [0.5, 0.6) is 5.75 Å². The van der Waals surface area contributed by atoms with Crippen LogP contribution in [0.15, 0.2) is 35.5 Å². The monoisotopic (exact) mass is 404 g/mol. The summed E-state index contributed by atoms with van der Waals surface area (Å²) >= 11 is 12.9. The number of imidazole rings is 1. The molecule has 0 N–H and O–H groups in total. The molecule has 0 unspecified atom stereocenters. The summed E-state index contributed by atoms with van der Waals surface area (Å²) in [5.41, 5.74) is 3.24. The average Bonchev–Trinajstić information content (AvgIpc) is 2.93. The fourth-order valence-electron chi connectivity index (χ4n) is 3.58. The first-order valence-corrected chi connectivity index (χ1v) is 9.47. The van der Waals surface area contributed by atoms with E-state index >= 15 is 0 Å². The molecule has 0 spiro atoms. The van der Waals surface area contributed by atoms with Crippen molar-refractivity contribution in [1.82, 2.24) is 9.55 Å². The minimum absolute atomic E-state index is 0.0854. The number of fused-ring (bicyclic) bond motifs is 3. The van der Waals surface area contributed by atoms with Gasteiger partial charge < -0.3 is 14.2 Å². The summed E-state index contributed by atoms with van der Waals surface area (Å²) in [6.45, 7) is 1.67. The summed E-state index contributed by atoms with van der Waals surface area (Å²) in [5, 5.41) is 4.22. The molecule has 0 bridgehead atoms. The van der Waals surface area contributed by atoms with Crippen LogP contribution >= 0.6 is 23.2 Å². The molecule has 2 heterocycles. The number of hydrogen-bond acceptors (Lipinski definition) is 5. The number of rotatable bonds is 4. The maximum Gasteiger partial charge on any atom is 0.211 e. The highest BCUT2D eigenvalue weighted by Crippen LogP contribution is 2.39. The Morgan fingerprint density at radius 3 is 2.70 bits per heavy atom. The van der Waals surface area contributed by atoms with E-state index in [-0.39, 0.29) is 6.54 Å². The quantitative estimate of drug-likeness (QED) is 0.534. The molecule has 3 aromatic rings. The number of hydrogen-bond donors (Lipinski definition) is 0. The third-order valence-corrected chi connectivity index (χ3v) is 5.45. The van der Waals surface area contributed by atoms with E-state index in [4.69, 9.17) is 32.9 Å². The molecular formula is C19H18Cl2N4O2. The predicted molar refractivity (Wildman–Crippen MR) is 108 cm³/mol. The van der Waals surface area contributed by atoms with Gasteiger partial charge in [0.1, 0.15) is 17.8 Å². The Morgan fingerprint density at radius 1 is 1.15 bits per heavy atom. The number of methoxy groups -OCH3 is 1. The minimum atomic E-state index is 0.0854. The van der Waals surface area contributed by atoms with Crippen LogP contribution in [0, 0.1) is 4.91 Å². The summed E-state index contributed by atoms with van der Waals surface area (Å²) < 4.78 is 7.38. The van der Waals surface area contributed by atoms with Crippen molar-refractivity contribution < 1.29 is 4.74 Å². The summed E-state index contributed by atoms with van der Waals surface area (Å²) in [6, 6.07) is 9.22. The minimum Gasteiger partial charge on any atom is -0.497 e. The lowest BCUT2D eigenvalue weighted by atomic mass is 10.2. The van der Waals surface area contributed by atoms with Crippen molar-refractivity contribution in [1.29, 1.82) is 0 Å². The molecule has 1 aliphatic rings. The maximum atomic E-state index is 10.9. The molecule has 6 nitrogen and oxygen atoms in total. The van der Waals surface area contributed by atoms with Gasteiger partial charge in [-0.25, -0.2) is 4.98 Å². The van der Waals surface area contributed by atoms with Gasteiger partial charge in [-0.2, -0.15) is 4.91 Å². The molecule has 0 amide bonds. The third-order valence-electron chi connectivity index (χ3n) is 4.84. The van der Waals surface area contributed by atoms with Crippen LogP contribution < -0.4 is 9.64 Å². The lowest BCUT2D eigenvalue weighted by Gasteiger charge is -2.23. The largest absolute Gasteiger partial charge is 0.497 e. The molecule has 0 fully saturated rings. The van der Waals surface area contributed by atoms with Gasteiger partial charge in [0.2, 0.25) is 5.95 Å². The molecule has 4 rings (SSSR count). The summed E-state index contributed by atoms with van der Waals surface area (Å²) in [7, 11) is 1.61. The van der Waals surface area contributed by atoms with Gasteiger partial charge >= 0.3 is 0 Å². The van der Waals surface area contributed by atoms with E-state index < -0.39 is 0 Å². The van der Waals surface area contributed by atoms with Crippen molar-refractivity contribution in [3.05, 3.63) is 50.8 Å². The van der Waals surface area contributed by atoms with E-state index in [1.807, 2.05) is 18.2 Å². The highest BCUT2D eigenvalue weighted by atomic mass is 35.5. The average molecular weight is 405 g/mol. The molecule has 8 heteroatoms. The second-order valence-corrected chi connectivity index (χ2v) is 7.24. The highest BCUT2D eigenvalue weighted by molar-refractivity contribution is 6.35. The zero-order valence-electron chi connectivity index (χ0n) is 14.8. The van der Waals surface area contributed by atoms with E-state index in [1.165, 1.54) is 0 Å². The Bertz CT molecular complexity index is 1020. The normalized spacial score (nSPS) is 14.1. The number of aryl methyl sites for hydroxylation is 1. The second kappa shape index (κ2) is 7.37. The topological polar surface area (TPSA) is 59.7 Å². The predicted octanol–water partition coefficient (Wildman–Crippen LogP) is 5.55. The summed E-state index contributed by atoms with van der Waals surface area (Å²) in [4.78, 5) is 17.8. The van der Waals surface area contributed by atoms with Gasteiger partial charge in [-0.1, -0.05) is 34.4 Å². The molecule has 0 aliphatic carbocycles.